The van der Waals surface area contributed by atoms with Gasteiger partial charge in [0.1, 0.15) is 41.5 Å². The maximum atomic E-state index is 11.1. The van der Waals surface area contributed by atoms with Gasteiger partial charge in [-0.2, -0.15) is 10.4 Å². The molecule has 1 aliphatic heterocycles. The van der Waals surface area contributed by atoms with Gasteiger partial charge in [-0.25, -0.2) is 19.0 Å². The normalized spacial score (nSPS) is 38.4. The van der Waals surface area contributed by atoms with Gasteiger partial charge >= 0.3 is 7.82 Å². The molecule has 0 bridgehead atoms. The van der Waals surface area contributed by atoms with E-state index in [4.69, 9.17) is 20.3 Å². The number of nitriles is 1. The van der Waals surface area contributed by atoms with Crippen LogP contribution in [0.3, 0.4) is 0 Å². The fourth-order valence-electron chi connectivity index (χ4n) is 3.61. The lowest BCUT2D eigenvalue weighted by molar-refractivity contribution is -0.111. The molecule has 27 heavy (non-hydrogen) atoms. The summed E-state index contributed by atoms with van der Waals surface area (Å²) in [5.41, 5.74) is -0.230. The Morgan fingerprint density at radius 3 is 2.85 bits per heavy atom. The van der Waals surface area contributed by atoms with Crippen LogP contribution in [0, 0.1) is 11.3 Å². The predicted molar refractivity (Wildman–Crippen MR) is 84.5 cm³/mol. The van der Waals surface area contributed by atoms with Gasteiger partial charge in [0.15, 0.2) is 11.5 Å². The molecular formula is C13H15N6O7P. The molecule has 1 spiro atoms. The zero-order chi connectivity index (χ0) is 19.8. The summed E-state index contributed by atoms with van der Waals surface area (Å²) >= 11 is 0. The SMILES string of the molecule is C[C@@]1(O)[C@H](O)C2(C[C@H]2OP(=O)(O)O)O[C@@]1(C#N)c1cnc2c(N)ncnn12. The number of aromatic nitrogens is 4. The van der Waals surface area contributed by atoms with Gasteiger partial charge in [0.2, 0.25) is 5.60 Å². The summed E-state index contributed by atoms with van der Waals surface area (Å²) in [6, 6.07) is 1.85. The van der Waals surface area contributed by atoms with E-state index in [2.05, 4.69) is 19.6 Å². The third-order valence-electron chi connectivity index (χ3n) is 5.05. The molecule has 1 saturated heterocycles. The van der Waals surface area contributed by atoms with Gasteiger partial charge in [0, 0.05) is 6.42 Å². The molecule has 0 radical (unpaired) electrons. The smallest absolute Gasteiger partial charge is 0.387 e. The van der Waals surface area contributed by atoms with Crippen LogP contribution in [0.25, 0.3) is 5.65 Å². The van der Waals surface area contributed by atoms with E-state index in [0.717, 1.165) is 10.8 Å². The van der Waals surface area contributed by atoms with E-state index in [1.807, 2.05) is 6.07 Å². The van der Waals surface area contributed by atoms with Crippen molar-refractivity contribution in [2.24, 2.45) is 0 Å². The standard InChI is InChI=1S/C13H15N6O7P/c1-11(21)10(20)12(2-7(12)25-27(22,23)24)26-13(11,4-14)6-3-16-9-8(15)17-5-18-19(6)9/h3,5,7,10,20-21H,2H2,1H3,(H2,15,17,18)(H2,22,23,24)/t7-,10+,11-,12?,13+/m1/s1. The number of aliphatic hydroxyl groups is 2. The quantitative estimate of drug-likeness (QED) is 0.362. The lowest BCUT2D eigenvalue weighted by Crippen LogP contribution is -2.52. The van der Waals surface area contributed by atoms with E-state index in [0.29, 0.717) is 0 Å². The molecule has 0 aromatic carbocycles. The van der Waals surface area contributed by atoms with Crippen molar-refractivity contribution in [2.75, 3.05) is 5.73 Å². The molecule has 0 amide bonds. The molecule has 1 aliphatic carbocycles. The van der Waals surface area contributed by atoms with Gasteiger partial charge in [-0.15, -0.1) is 0 Å². The predicted octanol–water partition coefficient (Wildman–Crippen LogP) is -1.81. The third kappa shape index (κ3) is 2.26. The van der Waals surface area contributed by atoms with E-state index in [-0.39, 0.29) is 23.6 Å². The highest BCUT2D eigenvalue weighted by atomic mass is 31.2. The van der Waals surface area contributed by atoms with Gasteiger partial charge in [-0.05, 0) is 6.92 Å². The second-order valence-electron chi connectivity index (χ2n) is 6.71. The average Bonchev–Trinajstić information content (AvgIpc) is 2.97. The first kappa shape index (κ1) is 18.2. The van der Waals surface area contributed by atoms with E-state index in [1.54, 1.807) is 0 Å². The number of phosphoric ester groups is 1. The maximum Gasteiger partial charge on any atom is 0.469 e. The molecule has 2 aromatic rings. The van der Waals surface area contributed by atoms with Crippen LogP contribution >= 0.6 is 7.82 Å². The van der Waals surface area contributed by atoms with Crippen molar-refractivity contribution in [3.63, 3.8) is 0 Å². The first-order valence-corrected chi connectivity index (χ1v) is 9.22. The molecule has 1 unspecified atom stereocenters. The number of rotatable bonds is 3. The van der Waals surface area contributed by atoms with Crippen LogP contribution in [-0.4, -0.2) is 63.0 Å². The summed E-state index contributed by atoms with van der Waals surface area (Å²) in [4.78, 5) is 25.8. The van der Waals surface area contributed by atoms with Crippen molar-refractivity contribution in [1.82, 2.24) is 19.6 Å². The summed E-state index contributed by atoms with van der Waals surface area (Å²) in [7, 11) is -4.87. The highest BCUT2D eigenvalue weighted by molar-refractivity contribution is 7.46. The molecule has 144 valence electrons. The van der Waals surface area contributed by atoms with Gasteiger partial charge in [-0.1, -0.05) is 0 Å². The maximum absolute atomic E-state index is 11.1. The number of phosphoric acid groups is 1. The minimum atomic E-state index is -4.87. The second-order valence-corrected chi connectivity index (χ2v) is 7.90. The van der Waals surface area contributed by atoms with Crippen LogP contribution in [0.2, 0.25) is 0 Å². The van der Waals surface area contributed by atoms with E-state index < -0.39 is 36.8 Å². The summed E-state index contributed by atoms with van der Waals surface area (Å²) < 4.78 is 22.7. The Balaban J connectivity index is 1.84. The van der Waals surface area contributed by atoms with E-state index in [1.165, 1.54) is 13.1 Å². The Morgan fingerprint density at radius 1 is 1.52 bits per heavy atom. The molecule has 14 heteroatoms. The molecular weight excluding hydrogens is 383 g/mol. The van der Waals surface area contributed by atoms with Crippen molar-refractivity contribution in [3.8, 4) is 6.07 Å². The molecule has 6 N–H and O–H groups in total. The highest BCUT2D eigenvalue weighted by Gasteiger charge is 2.80. The Hall–Kier alpha value is -2.17. The summed E-state index contributed by atoms with van der Waals surface area (Å²) in [5.74, 6) is 0.0198. The lowest BCUT2D eigenvalue weighted by Gasteiger charge is -2.32. The third-order valence-corrected chi connectivity index (χ3v) is 5.58. The number of imidazole rings is 1. The number of nitrogens with zero attached hydrogens (tertiary/aromatic N) is 5. The van der Waals surface area contributed by atoms with Gasteiger partial charge in [0.25, 0.3) is 0 Å². The van der Waals surface area contributed by atoms with Crippen LogP contribution in [0.5, 0.6) is 0 Å². The number of nitrogen functional groups attached to an aromatic ring is 1. The number of anilines is 1. The zero-order valence-electron chi connectivity index (χ0n) is 13.8. The topological polar surface area (TPSA) is 209 Å². The lowest BCUT2D eigenvalue weighted by atomic mass is 9.80. The van der Waals surface area contributed by atoms with Crippen molar-refractivity contribution in [2.45, 2.75) is 42.4 Å². The van der Waals surface area contributed by atoms with Crippen molar-refractivity contribution >= 4 is 19.3 Å². The van der Waals surface area contributed by atoms with Crippen LogP contribution in [0.1, 0.15) is 19.0 Å². The monoisotopic (exact) mass is 398 g/mol. The highest BCUT2D eigenvalue weighted by Crippen LogP contribution is 2.64. The summed E-state index contributed by atoms with van der Waals surface area (Å²) in [6.45, 7) is 1.17. The van der Waals surface area contributed by atoms with Crippen LogP contribution in [0.4, 0.5) is 5.82 Å². The zero-order valence-corrected chi connectivity index (χ0v) is 14.7. The minimum absolute atomic E-state index is 0.0198. The summed E-state index contributed by atoms with van der Waals surface area (Å²) in [5, 5.41) is 35.5. The number of nitrogens with two attached hydrogens (primary N) is 1. The fourth-order valence-corrected chi connectivity index (χ4v) is 4.19. The van der Waals surface area contributed by atoms with Crippen LogP contribution < -0.4 is 5.73 Å². The Bertz CT molecular complexity index is 1030. The Labute approximate surface area is 151 Å². The van der Waals surface area contributed by atoms with Crippen molar-refractivity contribution < 1.29 is 33.8 Å². The number of fused-ring (bicyclic) bond motifs is 1. The van der Waals surface area contributed by atoms with Gasteiger partial charge < -0.3 is 30.5 Å². The molecule has 2 aromatic heterocycles. The van der Waals surface area contributed by atoms with Crippen LogP contribution in [0.15, 0.2) is 12.5 Å². The van der Waals surface area contributed by atoms with Crippen LogP contribution in [-0.2, 0) is 19.4 Å². The van der Waals surface area contributed by atoms with E-state index >= 15 is 0 Å². The number of ether oxygens (including phenoxy) is 1. The molecule has 1 saturated carbocycles. The number of hydrogen-bond acceptors (Lipinski definition) is 10. The molecule has 5 atom stereocenters. The summed E-state index contributed by atoms with van der Waals surface area (Å²) in [6.07, 6.45) is -0.719. The second kappa shape index (κ2) is 5.21. The largest absolute Gasteiger partial charge is 0.469 e. The minimum Gasteiger partial charge on any atom is -0.387 e. The first-order valence-electron chi connectivity index (χ1n) is 7.69. The van der Waals surface area contributed by atoms with Crippen molar-refractivity contribution in [1.29, 1.82) is 5.26 Å². The first-order chi connectivity index (χ1) is 12.5. The fraction of sp³-hybridized carbons (Fsp3) is 0.538. The Morgan fingerprint density at radius 2 is 2.22 bits per heavy atom. The number of aliphatic hydroxyl groups excluding tert-OH is 1. The molecule has 2 fully saturated rings. The average molecular weight is 398 g/mol. The Kier molecular flexibility index (Phi) is 3.51. The van der Waals surface area contributed by atoms with Gasteiger partial charge in [-0.3, -0.25) is 4.52 Å². The molecule has 13 nitrogen and oxygen atoms in total. The van der Waals surface area contributed by atoms with Gasteiger partial charge in [0.05, 0.1) is 6.20 Å². The van der Waals surface area contributed by atoms with E-state index in [9.17, 15) is 20.0 Å². The van der Waals surface area contributed by atoms with Crippen molar-refractivity contribution in [3.05, 3.63) is 18.2 Å². The molecule has 2 aliphatic rings. The molecule has 3 heterocycles. The molecule has 4 rings (SSSR count). The number of hydrogen-bond donors (Lipinski definition) is 5.